The summed E-state index contributed by atoms with van der Waals surface area (Å²) in [7, 11) is 0. The maximum absolute atomic E-state index is 12.4. The molecule has 1 aromatic heterocycles. The number of hydrogen-bond acceptors (Lipinski definition) is 5. The summed E-state index contributed by atoms with van der Waals surface area (Å²) in [6.45, 7) is 1.81. The van der Waals surface area contributed by atoms with Crippen LogP contribution in [-0.2, 0) is 17.9 Å². The first kappa shape index (κ1) is 14.5. The van der Waals surface area contributed by atoms with Crippen LogP contribution in [0.3, 0.4) is 0 Å². The summed E-state index contributed by atoms with van der Waals surface area (Å²) in [6, 6.07) is 0. The van der Waals surface area contributed by atoms with E-state index in [0.29, 0.717) is 31.7 Å². The predicted octanol–water partition coefficient (Wildman–Crippen LogP) is -0.110. The number of nitrogens with zero attached hydrogens (tertiary/aromatic N) is 4. The van der Waals surface area contributed by atoms with Crippen molar-refractivity contribution < 1.29 is 9.90 Å². The Morgan fingerprint density at radius 1 is 1.48 bits per heavy atom. The average molecular weight is 293 g/mol. The second kappa shape index (κ2) is 5.73. The van der Waals surface area contributed by atoms with Crippen molar-refractivity contribution >= 4 is 5.91 Å². The summed E-state index contributed by atoms with van der Waals surface area (Å²) in [6.07, 6.45) is 6.54. The molecule has 2 heterocycles. The van der Waals surface area contributed by atoms with Crippen LogP contribution >= 0.6 is 0 Å². The Hall–Kier alpha value is -1.47. The van der Waals surface area contributed by atoms with E-state index in [2.05, 4.69) is 10.3 Å². The third-order valence-electron chi connectivity index (χ3n) is 4.87. The number of aliphatic hydroxyl groups is 1. The van der Waals surface area contributed by atoms with Crippen LogP contribution in [0, 0.1) is 5.92 Å². The zero-order chi connectivity index (χ0) is 14.9. The van der Waals surface area contributed by atoms with Gasteiger partial charge in [-0.2, -0.15) is 0 Å². The first-order valence-corrected chi connectivity index (χ1v) is 7.70. The molecule has 1 saturated carbocycles. The summed E-state index contributed by atoms with van der Waals surface area (Å²) in [4.78, 5) is 14.2. The monoisotopic (exact) mass is 293 g/mol. The number of amides is 1. The van der Waals surface area contributed by atoms with Gasteiger partial charge in [0.1, 0.15) is 6.54 Å². The zero-order valence-corrected chi connectivity index (χ0v) is 12.2. The highest BCUT2D eigenvalue weighted by Crippen LogP contribution is 2.39. The van der Waals surface area contributed by atoms with Crippen LogP contribution in [0.1, 0.15) is 37.8 Å². The highest BCUT2D eigenvalue weighted by molar-refractivity contribution is 5.76. The number of hydrogen-bond donors (Lipinski definition) is 2. The third-order valence-corrected chi connectivity index (χ3v) is 4.87. The molecule has 7 nitrogen and oxygen atoms in total. The zero-order valence-electron chi connectivity index (χ0n) is 12.2. The molecule has 1 aromatic rings. The Morgan fingerprint density at radius 3 is 3.10 bits per heavy atom. The fourth-order valence-electron chi connectivity index (χ4n) is 3.55. The van der Waals surface area contributed by atoms with Crippen molar-refractivity contribution in [1.82, 2.24) is 19.9 Å². The Morgan fingerprint density at radius 2 is 2.33 bits per heavy atom. The number of piperidine rings is 1. The largest absolute Gasteiger partial charge is 0.389 e. The van der Waals surface area contributed by atoms with Gasteiger partial charge in [-0.05, 0) is 19.3 Å². The Labute approximate surface area is 124 Å². The molecule has 2 unspecified atom stereocenters. The molecule has 1 aliphatic heterocycles. The van der Waals surface area contributed by atoms with E-state index in [-0.39, 0.29) is 18.4 Å². The van der Waals surface area contributed by atoms with E-state index in [9.17, 15) is 9.90 Å². The van der Waals surface area contributed by atoms with Gasteiger partial charge in [-0.25, -0.2) is 4.68 Å². The van der Waals surface area contributed by atoms with Crippen LogP contribution in [0.15, 0.2) is 6.20 Å². The van der Waals surface area contributed by atoms with E-state index in [1.165, 1.54) is 4.68 Å². The van der Waals surface area contributed by atoms with Crippen LogP contribution in [0.2, 0.25) is 0 Å². The Bertz CT molecular complexity index is 517. The maximum Gasteiger partial charge on any atom is 0.244 e. The van der Waals surface area contributed by atoms with E-state index in [1.807, 2.05) is 4.90 Å². The van der Waals surface area contributed by atoms with Crippen LogP contribution in [0.25, 0.3) is 0 Å². The lowest BCUT2D eigenvalue weighted by Crippen LogP contribution is -2.55. The second-order valence-corrected chi connectivity index (χ2v) is 6.25. The lowest BCUT2D eigenvalue weighted by molar-refractivity contribution is -0.144. The number of likely N-dealkylation sites (tertiary alicyclic amines) is 1. The highest BCUT2D eigenvalue weighted by atomic mass is 16.3. The molecule has 116 valence electrons. The quantitative estimate of drug-likeness (QED) is 0.810. The number of carbonyl (C=O) groups is 1. The molecular weight excluding hydrogens is 270 g/mol. The smallest absolute Gasteiger partial charge is 0.244 e. The molecular formula is C14H23N5O2. The van der Waals surface area contributed by atoms with E-state index in [4.69, 9.17) is 5.73 Å². The van der Waals surface area contributed by atoms with Crippen molar-refractivity contribution in [2.24, 2.45) is 11.7 Å². The van der Waals surface area contributed by atoms with Crippen molar-refractivity contribution in [2.45, 2.75) is 50.8 Å². The highest BCUT2D eigenvalue weighted by Gasteiger charge is 2.43. The summed E-state index contributed by atoms with van der Waals surface area (Å²) < 4.78 is 1.53. The molecule has 0 bridgehead atoms. The molecule has 1 saturated heterocycles. The van der Waals surface area contributed by atoms with Crippen molar-refractivity contribution in [3.8, 4) is 0 Å². The van der Waals surface area contributed by atoms with Gasteiger partial charge >= 0.3 is 0 Å². The summed E-state index contributed by atoms with van der Waals surface area (Å²) in [5.74, 6) is 0.260. The molecule has 7 heteroatoms. The molecule has 0 spiro atoms. The Kier molecular flexibility index (Phi) is 3.95. The van der Waals surface area contributed by atoms with Gasteiger partial charge in [0.25, 0.3) is 0 Å². The SMILES string of the molecule is NCc1cn(CC(=O)N2CCC3(O)CCCCC3C2)nn1. The minimum absolute atomic E-state index is 0.0381. The average Bonchev–Trinajstić information content (AvgIpc) is 2.93. The van der Waals surface area contributed by atoms with Crippen LogP contribution in [-0.4, -0.2) is 49.6 Å². The fraction of sp³-hybridized carbons (Fsp3) is 0.786. The number of nitrogens with two attached hydrogens (primary N) is 1. The first-order valence-electron chi connectivity index (χ1n) is 7.70. The van der Waals surface area contributed by atoms with Gasteiger partial charge in [0.15, 0.2) is 0 Å². The van der Waals surface area contributed by atoms with E-state index < -0.39 is 5.60 Å². The molecule has 2 aliphatic rings. The minimum atomic E-state index is -0.547. The summed E-state index contributed by atoms with van der Waals surface area (Å²) >= 11 is 0. The van der Waals surface area contributed by atoms with Gasteiger partial charge in [-0.3, -0.25) is 4.79 Å². The van der Waals surface area contributed by atoms with Crippen molar-refractivity contribution in [3.63, 3.8) is 0 Å². The van der Waals surface area contributed by atoms with Crippen LogP contribution < -0.4 is 5.73 Å². The van der Waals surface area contributed by atoms with Crippen LogP contribution in [0.4, 0.5) is 0 Å². The summed E-state index contributed by atoms with van der Waals surface area (Å²) in [5.41, 5.74) is 5.62. The van der Waals surface area contributed by atoms with E-state index in [0.717, 1.165) is 25.7 Å². The van der Waals surface area contributed by atoms with E-state index >= 15 is 0 Å². The topological polar surface area (TPSA) is 97.3 Å². The fourth-order valence-corrected chi connectivity index (χ4v) is 3.55. The van der Waals surface area contributed by atoms with E-state index in [1.54, 1.807) is 6.20 Å². The van der Waals surface area contributed by atoms with Crippen molar-refractivity contribution in [1.29, 1.82) is 0 Å². The van der Waals surface area contributed by atoms with Gasteiger partial charge in [-0.1, -0.05) is 18.1 Å². The molecule has 0 radical (unpaired) electrons. The molecule has 1 amide bonds. The summed E-state index contributed by atoms with van der Waals surface area (Å²) in [5, 5.41) is 18.4. The van der Waals surface area contributed by atoms with Gasteiger partial charge in [0.05, 0.1) is 17.5 Å². The van der Waals surface area contributed by atoms with Crippen molar-refractivity contribution in [2.75, 3.05) is 13.1 Å². The molecule has 2 fully saturated rings. The molecule has 21 heavy (non-hydrogen) atoms. The molecule has 3 rings (SSSR count). The number of rotatable bonds is 3. The predicted molar refractivity (Wildman–Crippen MR) is 76.0 cm³/mol. The minimum Gasteiger partial charge on any atom is -0.389 e. The normalized spacial score (nSPS) is 29.2. The van der Waals surface area contributed by atoms with Gasteiger partial charge < -0.3 is 15.7 Å². The van der Waals surface area contributed by atoms with Crippen molar-refractivity contribution in [3.05, 3.63) is 11.9 Å². The number of fused-ring (bicyclic) bond motifs is 1. The number of carbonyl (C=O) groups excluding carboxylic acids is 1. The molecule has 3 N–H and O–H groups in total. The van der Waals surface area contributed by atoms with Gasteiger partial charge in [0, 0.05) is 25.6 Å². The lowest BCUT2D eigenvalue weighted by atomic mass is 9.71. The van der Waals surface area contributed by atoms with Gasteiger partial charge in [-0.15, -0.1) is 5.10 Å². The first-order chi connectivity index (χ1) is 10.1. The standard InChI is InChI=1S/C14H23N5O2/c15-7-12-9-19(17-16-12)10-13(20)18-6-5-14(21)4-2-1-3-11(14)8-18/h9,11,21H,1-8,10,15H2. The van der Waals surface area contributed by atoms with Crippen LogP contribution in [0.5, 0.6) is 0 Å². The molecule has 0 aromatic carbocycles. The second-order valence-electron chi connectivity index (χ2n) is 6.25. The maximum atomic E-state index is 12.4. The number of aromatic nitrogens is 3. The van der Waals surface area contributed by atoms with Gasteiger partial charge in [0.2, 0.25) is 5.91 Å². The molecule has 1 aliphatic carbocycles. The Balaban J connectivity index is 1.61. The third kappa shape index (κ3) is 2.94. The molecule has 2 atom stereocenters. The lowest BCUT2D eigenvalue weighted by Gasteiger charge is -2.47.